The maximum absolute atomic E-state index is 13.3. The van der Waals surface area contributed by atoms with Crippen LogP contribution in [0.4, 0.5) is 5.69 Å². The second-order valence-electron chi connectivity index (χ2n) is 13.8. The van der Waals surface area contributed by atoms with E-state index in [1.54, 1.807) is 6.07 Å². The van der Waals surface area contributed by atoms with Crippen molar-refractivity contribution in [3.63, 3.8) is 0 Å². The third kappa shape index (κ3) is 10.4. The van der Waals surface area contributed by atoms with Gasteiger partial charge in [0.2, 0.25) is 0 Å². The standard InChI is InChI=1S/C39H56N6O4S/c1-9-11-14-29(10-2)23-32-17-18-33(39(46)42-50(47,48)43(5)6)26-36(32)44(7)27-34(25-31-15-12-13-16-35(31)28(3)4)38-40-37(45(8)41-38)24-30-19-21-49-22-20-30/h12-13,15-18,25-26,29-30H,3,9-11,14,19-24,27H2,1-2,4-8H3,(H,42,46)/b34-25+. The van der Waals surface area contributed by atoms with Crippen LogP contribution in [0.5, 0.6) is 0 Å². The molecule has 1 saturated heterocycles. The zero-order valence-electron chi connectivity index (χ0n) is 31.0. The molecule has 1 unspecified atom stereocenters. The lowest BCUT2D eigenvalue weighted by Gasteiger charge is -2.26. The van der Waals surface area contributed by atoms with E-state index in [0.29, 0.717) is 24.2 Å². The maximum atomic E-state index is 13.3. The first-order valence-electron chi connectivity index (χ1n) is 17.8. The Morgan fingerprint density at radius 3 is 2.52 bits per heavy atom. The molecule has 1 amide bonds. The average molecular weight is 705 g/mol. The van der Waals surface area contributed by atoms with Crippen LogP contribution in [0.1, 0.15) is 98.0 Å². The Morgan fingerprint density at radius 1 is 1.14 bits per heavy atom. The van der Waals surface area contributed by atoms with Gasteiger partial charge in [-0.2, -0.15) is 17.8 Å². The van der Waals surface area contributed by atoms with E-state index in [0.717, 1.165) is 108 Å². The largest absolute Gasteiger partial charge is 0.381 e. The summed E-state index contributed by atoms with van der Waals surface area (Å²) in [6.07, 6.45) is 10.3. The van der Waals surface area contributed by atoms with Crippen LogP contribution in [0.25, 0.3) is 17.2 Å². The molecule has 10 nitrogen and oxygen atoms in total. The van der Waals surface area contributed by atoms with E-state index in [4.69, 9.17) is 14.8 Å². The first-order valence-corrected chi connectivity index (χ1v) is 19.3. The second kappa shape index (κ2) is 17.9. The average Bonchev–Trinajstić information content (AvgIpc) is 3.45. The van der Waals surface area contributed by atoms with Crippen molar-refractivity contribution < 1.29 is 17.9 Å². The fourth-order valence-electron chi connectivity index (χ4n) is 6.41. The first kappa shape index (κ1) is 39.0. The fraction of sp³-hybridized carbons (Fsp3) is 0.513. The van der Waals surface area contributed by atoms with Crippen LogP contribution in [0.2, 0.25) is 0 Å². The smallest absolute Gasteiger partial charge is 0.303 e. The summed E-state index contributed by atoms with van der Waals surface area (Å²) in [5.41, 5.74) is 6.21. The third-order valence-corrected chi connectivity index (χ3v) is 11.0. The normalized spacial score (nSPS) is 14.9. The summed E-state index contributed by atoms with van der Waals surface area (Å²) in [6.45, 7) is 12.7. The van der Waals surface area contributed by atoms with Gasteiger partial charge in [-0.25, -0.2) is 9.71 Å². The molecule has 272 valence electrons. The van der Waals surface area contributed by atoms with Gasteiger partial charge in [-0.15, -0.1) is 0 Å². The molecule has 0 radical (unpaired) electrons. The highest BCUT2D eigenvalue weighted by atomic mass is 32.2. The van der Waals surface area contributed by atoms with Crippen LogP contribution in [-0.4, -0.2) is 74.3 Å². The minimum atomic E-state index is -3.96. The number of nitrogens with one attached hydrogen (secondary N) is 1. The zero-order valence-corrected chi connectivity index (χ0v) is 31.9. The molecule has 1 aliphatic heterocycles. The van der Waals surface area contributed by atoms with Gasteiger partial charge in [0.25, 0.3) is 5.91 Å². The van der Waals surface area contributed by atoms with Crippen LogP contribution in [0.3, 0.4) is 0 Å². The summed E-state index contributed by atoms with van der Waals surface area (Å²) in [4.78, 5) is 20.5. The fourth-order valence-corrected chi connectivity index (χ4v) is 6.95. The molecule has 50 heavy (non-hydrogen) atoms. The van der Waals surface area contributed by atoms with Crippen LogP contribution < -0.4 is 9.62 Å². The lowest BCUT2D eigenvalue weighted by atomic mass is 9.90. The quantitative estimate of drug-likeness (QED) is 0.165. The first-order chi connectivity index (χ1) is 23.8. The minimum Gasteiger partial charge on any atom is -0.381 e. The van der Waals surface area contributed by atoms with Crippen molar-refractivity contribution in [3.8, 4) is 0 Å². The number of hydrogen-bond donors (Lipinski definition) is 1. The van der Waals surface area contributed by atoms with Gasteiger partial charge in [-0.05, 0) is 72.9 Å². The number of anilines is 1. The Morgan fingerprint density at radius 2 is 1.86 bits per heavy atom. The second-order valence-corrected chi connectivity index (χ2v) is 15.7. The van der Waals surface area contributed by atoms with E-state index in [9.17, 15) is 13.2 Å². The molecule has 2 aromatic carbocycles. The topological polar surface area (TPSA) is 110 Å². The maximum Gasteiger partial charge on any atom is 0.303 e. The Bertz CT molecular complexity index is 1760. The number of allylic oxidation sites excluding steroid dienone is 1. The number of ether oxygens (including phenoxy) is 1. The lowest BCUT2D eigenvalue weighted by Crippen LogP contribution is -2.39. The number of benzene rings is 2. The molecular weight excluding hydrogens is 649 g/mol. The van der Waals surface area contributed by atoms with Gasteiger partial charge in [0.1, 0.15) is 5.82 Å². The summed E-state index contributed by atoms with van der Waals surface area (Å²) in [7, 11) is 2.78. The molecule has 0 aliphatic carbocycles. The van der Waals surface area contributed by atoms with Crippen LogP contribution in [0.15, 0.2) is 49.0 Å². The zero-order chi connectivity index (χ0) is 36.4. The number of amides is 1. The monoisotopic (exact) mass is 704 g/mol. The summed E-state index contributed by atoms with van der Waals surface area (Å²) < 4.78 is 35.7. The van der Waals surface area contributed by atoms with E-state index >= 15 is 0 Å². The molecule has 11 heteroatoms. The van der Waals surface area contributed by atoms with E-state index in [-0.39, 0.29) is 5.56 Å². The van der Waals surface area contributed by atoms with Gasteiger partial charge in [-0.1, -0.05) is 82.0 Å². The van der Waals surface area contributed by atoms with Crippen LogP contribution in [-0.2, 0) is 34.8 Å². The molecule has 3 aromatic rings. The van der Waals surface area contributed by atoms with Gasteiger partial charge in [0.15, 0.2) is 5.82 Å². The number of hydrogen-bond acceptors (Lipinski definition) is 7. The van der Waals surface area contributed by atoms with Crippen molar-refractivity contribution in [1.29, 1.82) is 0 Å². The van der Waals surface area contributed by atoms with Crippen LogP contribution in [0, 0.1) is 11.8 Å². The van der Waals surface area contributed by atoms with E-state index < -0.39 is 16.1 Å². The van der Waals surface area contributed by atoms with Gasteiger partial charge in [-0.3, -0.25) is 9.48 Å². The summed E-state index contributed by atoms with van der Waals surface area (Å²) >= 11 is 0. The molecule has 1 aromatic heterocycles. The van der Waals surface area contributed by atoms with Gasteiger partial charge < -0.3 is 9.64 Å². The molecule has 0 saturated carbocycles. The Hall–Kier alpha value is -3.80. The van der Waals surface area contributed by atoms with Crippen molar-refractivity contribution in [2.45, 2.75) is 72.1 Å². The number of rotatable bonds is 17. The minimum absolute atomic E-state index is 0.274. The van der Waals surface area contributed by atoms with E-state index in [2.05, 4.69) is 48.3 Å². The number of likely N-dealkylation sites (N-methyl/N-ethyl adjacent to an activating group) is 1. The molecule has 1 atom stereocenters. The Labute approximate surface area is 299 Å². The predicted molar refractivity (Wildman–Crippen MR) is 204 cm³/mol. The van der Waals surface area contributed by atoms with Crippen molar-refractivity contribution in [3.05, 3.63) is 82.9 Å². The number of aryl methyl sites for hydroxylation is 1. The molecule has 0 spiro atoms. The number of carbonyl (C=O) groups excluding carboxylic acids is 1. The number of unbranched alkanes of at least 4 members (excludes halogenated alkanes) is 1. The van der Waals surface area contributed by atoms with Gasteiger partial charge in [0.05, 0.1) is 0 Å². The van der Waals surface area contributed by atoms with Crippen molar-refractivity contribution in [2.75, 3.05) is 45.8 Å². The molecule has 1 N–H and O–H groups in total. The number of aromatic nitrogens is 3. The Balaban J connectivity index is 1.78. The lowest BCUT2D eigenvalue weighted by molar-refractivity contribution is 0.0657. The van der Waals surface area contributed by atoms with E-state index in [1.807, 2.05) is 50.0 Å². The van der Waals surface area contributed by atoms with Crippen molar-refractivity contribution >= 4 is 39.0 Å². The summed E-state index contributed by atoms with van der Waals surface area (Å²) in [5.74, 6) is 1.91. The highest BCUT2D eigenvalue weighted by molar-refractivity contribution is 7.87. The van der Waals surface area contributed by atoms with E-state index in [1.165, 1.54) is 14.1 Å². The molecule has 0 bridgehead atoms. The molecular formula is C39H56N6O4S. The van der Waals surface area contributed by atoms with Gasteiger partial charge >= 0.3 is 10.2 Å². The SMILES string of the molecule is C=C(C)c1ccccc1/C=C(\CN(C)c1cc(C(=O)NS(=O)(=O)N(C)C)ccc1CC(CC)CCCC)c1nc(CC2CCOCC2)n(C)n1. The summed E-state index contributed by atoms with van der Waals surface area (Å²) in [6, 6.07) is 13.7. The highest BCUT2D eigenvalue weighted by Gasteiger charge is 2.23. The number of carbonyl (C=O) groups is 1. The summed E-state index contributed by atoms with van der Waals surface area (Å²) in [5, 5.41) is 4.94. The molecule has 4 rings (SSSR count). The number of nitrogens with zero attached hydrogens (tertiary/aromatic N) is 5. The highest BCUT2D eigenvalue weighted by Crippen LogP contribution is 2.31. The molecule has 1 aliphatic rings. The molecule has 2 heterocycles. The van der Waals surface area contributed by atoms with Crippen LogP contribution >= 0.6 is 0 Å². The van der Waals surface area contributed by atoms with Gasteiger partial charge in [0, 0.05) is 71.2 Å². The van der Waals surface area contributed by atoms with Crippen molar-refractivity contribution in [1.82, 2.24) is 23.8 Å². The third-order valence-electron chi connectivity index (χ3n) is 9.62. The molecule has 1 fully saturated rings. The van der Waals surface area contributed by atoms with Crippen molar-refractivity contribution in [2.24, 2.45) is 18.9 Å². The Kier molecular flexibility index (Phi) is 14.0. The predicted octanol–water partition coefficient (Wildman–Crippen LogP) is 6.79.